The Hall–Kier alpha value is -1.38. The van der Waals surface area contributed by atoms with Gasteiger partial charge in [0.25, 0.3) is 0 Å². The Bertz CT molecular complexity index is 472. The smallest absolute Gasteiger partial charge is 0.121 e. The summed E-state index contributed by atoms with van der Waals surface area (Å²) in [5.41, 5.74) is 0.756. The number of hydrogen-bond donors (Lipinski definition) is 5. The molecular formula is C16H25NO6. The van der Waals surface area contributed by atoms with Crippen LogP contribution in [0.2, 0.25) is 0 Å². The monoisotopic (exact) mass is 327 g/mol. The molecule has 1 aromatic rings. The fourth-order valence-corrected chi connectivity index (χ4v) is 2.41. The van der Waals surface area contributed by atoms with Gasteiger partial charge in [-0.25, -0.2) is 0 Å². The second-order valence-electron chi connectivity index (χ2n) is 5.61. The molecule has 2 bridgehead atoms. The standard InChI is InChI=1S/C16H25NO6/c18-10-14(20)16-15(21)13(19)9-17-11-4-3-5-12(8-11)22-6-1-2-7-23-16/h3-5,8,13-21H,1-2,6-7,9-10H2/t13-,14-,15-,16-/m1/s1. The molecule has 1 aliphatic heterocycles. The number of rotatable bonds is 2. The van der Waals surface area contributed by atoms with Crippen molar-refractivity contribution in [3.63, 3.8) is 0 Å². The maximum absolute atomic E-state index is 10.2. The molecule has 0 fully saturated rings. The van der Waals surface area contributed by atoms with Crippen molar-refractivity contribution in [3.8, 4) is 5.75 Å². The number of benzene rings is 1. The van der Waals surface area contributed by atoms with Gasteiger partial charge in [0, 0.05) is 24.9 Å². The molecule has 7 heteroatoms. The van der Waals surface area contributed by atoms with Gasteiger partial charge in [0.2, 0.25) is 0 Å². The van der Waals surface area contributed by atoms with E-state index < -0.39 is 31.0 Å². The van der Waals surface area contributed by atoms with Crippen LogP contribution in [0.3, 0.4) is 0 Å². The SMILES string of the molecule is OC[C@@H](O)[C@H]1OCCCCOc2cccc(c2)NC[C@@H](O)[C@H]1O. The van der Waals surface area contributed by atoms with Gasteiger partial charge in [-0.2, -0.15) is 0 Å². The van der Waals surface area contributed by atoms with Crippen LogP contribution in [-0.2, 0) is 4.74 Å². The van der Waals surface area contributed by atoms with Gasteiger partial charge in [0.1, 0.15) is 24.1 Å². The third kappa shape index (κ3) is 5.33. The van der Waals surface area contributed by atoms with E-state index in [1.165, 1.54) is 0 Å². The van der Waals surface area contributed by atoms with Crippen LogP contribution in [0.5, 0.6) is 5.75 Å². The molecule has 0 saturated heterocycles. The van der Waals surface area contributed by atoms with Gasteiger partial charge >= 0.3 is 0 Å². The van der Waals surface area contributed by atoms with E-state index in [1.54, 1.807) is 0 Å². The minimum Gasteiger partial charge on any atom is -0.494 e. The number of β-amino-alcohol motifs (C(OH)–C–C–N with tert-alkyl or cyclic N) is 1. The second kappa shape index (κ2) is 9.05. The Balaban J connectivity index is 2.09. The minimum absolute atomic E-state index is 0.0721. The third-order valence-corrected chi connectivity index (χ3v) is 3.76. The number of aliphatic hydroxyl groups is 4. The molecule has 0 aromatic heterocycles. The molecule has 1 aromatic carbocycles. The van der Waals surface area contributed by atoms with Crippen molar-refractivity contribution in [2.75, 3.05) is 31.7 Å². The highest BCUT2D eigenvalue weighted by Crippen LogP contribution is 2.19. The lowest BCUT2D eigenvalue weighted by molar-refractivity contribution is -0.140. The van der Waals surface area contributed by atoms with Crippen LogP contribution in [0.1, 0.15) is 12.8 Å². The van der Waals surface area contributed by atoms with E-state index >= 15 is 0 Å². The molecule has 1 aliphatic rings. The van der Waals surface area contributed by atoms with Crippen LogP contribution in [0, 0.1) is 0 Å². The summed E-state index contributed by atoms with van der Waals surface area (Å²) in [4.78, 5) is 0. The summed E-state index contributed by atoms with van der Waals surface area (Å²) >= 11 is 0. The van der Waals surface area contributed by atoms with Gasteiger partial charge in [-0.1, -0.05) is 6.07 Å². The summed E-state index contributed by atoms with van der Waals surface area (Å²) in [5.74, 6) is 0.733. The summed E-state index contributed by atoms with van der Waals surface area (Å²) in [6.45, 7) is 0.350. The summed E-state index contributed by atoms with van der Waals surface area (Å²) < 4.78 is 11.1. The lowest BCUT2D eigenvalue weighted by atomic mass is 10.0. The molecule has 5 N–H and O–H groups in total. The van der Waals surface area contributed by atoms with Crippen LogP contribution >= 0.6 is 0 Å². The maximum atomic E-state index is 10.2. The Morgan fingerprint density at radius 2 is 2.00 bits per heavy atom. The van der Waals surface area contributed by atoms with Crippen LogP contribution in [0.15, 0.2) is 24.3 Å². The van der Waals surface area contributed by atoms with E-state index in [0.29, 0.717) is 19.6 Å². The molecule has 0 aliphatic carbocycles. The maximum Gasteiger partial charge on any atom is 0.121 e. The van der Waals surface area contributed by atoms with Gasteiger partial charge in [-0.15, -0.1) is 0 Å². The van der Waals surface area contributed by atoms with Crippen LogP contribution in [-0.4, -0.2) is 71.2 Å². The Morgan fingerprint density at radius 3 is 2.78 bits per heavy atom. The predicted molar refractivity (Wildman–Crippen MR) is 84.5 cm³/mol. The van der Waals surface area contributed by atoms with Gasteiger partial charge in [-0.05, 0) is 25.0 Å². The fourth-order valence-electron chi connectivity index (χ4n) is 2.41. The van der Waals surface area contributed by atoms with E-state index in [4.69, 9.17) is 14.6 Å². The molecule has 0 amide bonds. The lowest BCUT2D eigenvalue weighted by Crippen LogP contribution is -2.49. The number of nitrogens with one attached hydrogen (secondary N) is 1. The Kier molecular flexibility index (Phi) is 7.07. The van der Waals surface area contributed by atoms with Crippen LogP contribution in [0.25, 0.3) is 0 Å². The zero-order valence-corrected chi connectivity index (χ0v) is 13.0. The van der Waals surface area contributed by atoms with Gasteiger partial charge < -0.3 is 35.2 Å². The molecule has 7 nitrogen and oxygen atoms in total. The molecular weight excluding hydrogens is 302 g/mol. The topological polar surface area (TPSA) is 111 Å². The number of ether oxygens (including phenoxy) is 2. The van der Waals surface area contributed by atoms with E-state index in [1.807, 2.05) is 24.3 Å². The fraction of sp³-hybridized carbons (Fsp3) is 0.625. The molecule has 0 saturated carbocycles. The highest BCUT2D eigenvalue weighted by atomic mass is 16.5. The van der Waals surface area contributed by atoms with E-state index in [-0.39, 0.29) is 6.54 Å². The number of anilines is 1. The lowest BCUT2D eigenvalue weighted by Gasteiger charge is -2.30. The minimum atomic E-state index is -1.31. The zero-order chi connectivity index (χ0) is 16.7. The second-order valence-corrected chi connectivity index (χ2v) is 5.61. The van der Waals surface area contributed by atoms with E-state index in [0.717, 1.165) is 17.9 Å². The van der Waals surface area contributed by atoms with Crippen molar-refractivity contribution in [1.82, 2.24) is 0 Å². The highest BCUT2D eigenvalue weighted by molar-refractivity contribution is 5.48. The first-order valence-corrected chi connectivity index (χ1v) is 7.85. The first kappa shape index (κ1) is 18.0. The molecule has 1 heterocycles. The van der Waals surface area contributed by atoms with Gasteiger partial charge in [0.05, 0.1) is 19.3 Å². The van der Waals surface area contributed by atoms with Crippen LogP contribution < -0.4 is 10.1 Å². The van der Waals surface area contributed by atoms with Gasteiger partial charge in [-0.3, -0.25) is 0 Å². The normalized spacial score (nSPS) is 28.1. The van der Waals surface area contributed by atoms with Gasteiger partial charge in [0.15, 0.2) is 0 Å². The summed E-state index contributed by atoms with van der Waals surface area (Å²) in [6, 6.07) is 7.34. The molecule has 23 heavy (non-hydrogen) atoms. The number of hydrogen-bond acceptors (Lipinski definition) is 7. The first-order chi connectivity index (χ1) is 11.1. The average Bonchev–Trinajstić information content (AvgIpc) is 2.57. The first-order valence-electron chi connectivity index (χ1n) is 7.85. The van der Waals surface area contributed by atoms with E-state index in [2.05, 4.69) is 5.32 Å². The average molecular weight is 327 g/mol. The number of fused-ring (bicyclic) bond motifs is 2. The quantitative estimate of drug-likeness (QED) is 0.508. The predicted octanol–water partition coefficient (Wildman–Crippen LogP) is -0.269. The molecule has 0 spiro atoms. The van der Waals surface area contributed by atoms with Crippen molar-refractivity contribution in [1.29, 1.82) is 0 Å². The van der Waals surface area contributed by atoms with Crippen LogP contribution in [0.4, 0.5) is 5.69 Å². The summed E-state index contributed by atoms with van der Waals surface area (Å²) in [7, 11) is 0. The van der Waals surface area contributed by atoms with Crippen molar-refractivity contribution < 1.29 is 29.9 Å². The van der Waals surface area contributed by atoms with Crippen molar-refractivity contribution in [2.45, 2.75) is 37.3 Å². The Labute approximate surface area is 135 Å². The molecule has 4 atom stereocenters. The van der Waals surface area contributed by atoms with Crippen molar-refractivity contribution >= 4 is 5.69 Å². The Morgan fingerprint density at radius 1 is 1.22 bits per heavy atom. The molecule has 0 unspecified atom stereocenters. The summed E-state index contributed by atoms with van der Waals surface area (Å²) in [6.07, 6.45) is -3.35. The zero-order valence-electron chi connectivity index (χ0n) is 13.0. The third-order valence-electron chi connectivity index (χ3n) is 3.76. The number of aliphatic hydroxyl groups excluding tert-OH is 4. The van der Waals surface area contributed by atoms with Crippen molar-refractivity contribution in [3.05, 3.63) is 24.3 Å². The van der Waals surface area contributed by atoms with E-state index in [9.17, 15) is 15.3 Å². The molecule has 0 radical (unpaired) electrons. The van der Waals surface area contributed by atoms with Crippen molar-refractivity contribution in [2.24, 2.45) is 0 Å². The highest BCUT2D eigenvalue weighted by Gasteiger charge is 2.32. The molecule has 130 valence electrons. The molecule has 2 rings (SSSR count). The summed E-state index contributed by atoms with van der Waals surface area (Å²) in [5, 5.41) is 42.2. The largest absolute Gasteiger partial charge is 0.494 e.